The minimum Gasteiger partial charge on any atom is -0.441 e. The summed E-state index contributed by atoms with van der Waals surface area (Å²) in [6.45, 7) is 3.90. The van der Waals surface area contributed by atoms with Crippen molar-refractivity contribution in [3.05, 3.63) is 0 Å². The Balaban J connectivity index is 2.02. The Morgan fingerprint density at radius 1 is 1.26 bits per heavy atom. The molecular weight excluding hydrogens is 242 g/mol. The summed E-state index contributed by atoms with van der Waals surface area (Å²) >= 11 is 0. The van der Waals surface area contributed by atoms with E-state index >= 15 is 0 Å². The molecule has 1 aliphatic carbocycles. The second-order valence-corrected chi connectivity index (χ2v) is 6.13. The number of alkyl carbamates (subject to hydrolysis) is 1. The molecule has 4 nitrogen and oxygen atoms in total. The number of rotatable bonds is 5. The molecule has 2 N–H and O–H groups in total. The third kappa shape index (κ3) is 3.22. The van der Waals surface area contributed by atoms with Gasteiger partial charge in [-0.25, -0.2) is 4.79 Å². The quantitative estimate of drug-likeness (QED) is 0.806. The van der Waals surface area contributed by atoms with Gasteiger partial charge >= 0.3 is 6.09 Å². The molecule has 2 atom stereocenters. The summed E-state index contributed by atoms with van der Waals surface area (Å²) in [5.41, 5.74) is -0.890. The number of hydrogen-bond donors (Lipinski definition) is 2. The summed E-state index contributed by atoms with van der Waals surface area (Å²) < 4.78 is 5.36. The molecule has 110 valence electrons. The first-order valence-electron chi connectivity index (χ1n) is 7.78. The zero-order chi connectivity index (χ0) is 13.9. The molecule has 4 heteroatoms. The van der Waals surface area contributed by atoms with E-state index in [0.29, 0.717) is 18.8 Å². The van der Waals surface area contributed by atoms with Gasteiger partial charge in [-0.15, -0.1) is 0 Å². The number of carbonyl (C=O) groups is 1. The molecule has 0 aromatic carbocycles. The third-order valence-electron chi connectivity index (χ3n) is 4.97. The highest BCUT2D eigenvalue weighted by molar-refractivity contribution is 5.70. The second kappa shape index (κ2) is 6.12. The summed E-state index contributed by atoms with van der Waals surface area (Å²) in [4.78, 5) is 11.5. The van der Waals surface area contributed by atoms with Crippen LogP contribution in [0.25, 0.3) is 0 Å². The highest BCUT2D eigenvalue weighted by atomic mass is 16.6. The van der Waals surface area contributed by atoms with Crippen molar-refractivity contribution in [3.63, 3.8) is 0 Å². The van der Waals surface area contributed by atoms with Crippen LogP contribution in [-0.4, -0.2) is 28.9 Å². The van der Waals surface area contributed by atoms with Crippen molar-refractivity contribution in [2.75, 3.05) is 0 Å². The summed E-state index contributed by atoms with van der Waals surface area (Å²) in [7, 11) is 0. The number of nitrogens with one attached hydrogen (secondary N) is 1. The van der Waals surface area contributed by atoms with Crippen molar-refractivity contribution in [1.29, 1.82) is 0 Å². The molecule has 1 saturated carbocycles. The van der Waals surface area contributed by atoms with E-state index in [4.69, 9.17) is 4.74 Å². The van der Waals surface area contributed by atoms with Gasteiger partial charge in [0.15, 0.2) is 6.10 Å². The zero-order valence-electron chi connectivity index (χ0n) is 12.2. The maximum absolute atomic E-state index is 11.5. The van der Waals surface area contributed by atoms with E-state index in [1.54, 1.807) is 0 Å². The Morgan fingerprint density at radius 2 is 1.89 bits per heavy atom. The van der Waals surface area contributed by atoms with E-state index in [1.165, 1.54) is 32.1 Å². The first-order chi connectivity index (χ1) is 9.09. The smallest absolute Gasteiger partial charge is 0.407 e. The molecule has 2 rings (SSSR count). The molecule has 0 spiro atoms. The highest BCUT2D eigenvalue weighted by Crippen LogP contribution is 2.34. The lowest BCUT2D eigenvalue weighted by molar-refractivity contribution is -0.0782. The summed E-state index contributed by atoms with van der Waals surface area (Å²) in [5, 5.41) is 13.5. The highest BCUT2D eigenvalue weighted by Gasteiger charge is 2.47. The first-order valence-corrected chi connectivity index (χ1v) is 7.78. The normalized spacial score (nSPS) is 29.1. The molecule has 1 aliphatic heterocycles. The van der Waals surface area contributed by atoms with Crippen molar-refractivity contribution in [3.8, 4) is 0 Å². The number of amides is 1. The summed E-state index contributed by atoms with van der Waals surface area (Å²) in [6, 6.07) is -0.0273. The van der Waals surface area contributed by atoms with Gasteiger partial charge in [-0.1, -0.05) is 46.0 Å². The van der Waals surface area contributed by atoms with Gasteiger partial charge in [-0.2, -0.15) is 0 Å². The minimum absolute atomic E-state index is 0.0273. The molecular formula is C15H27NO3. The molecule has 1 saturated heterocycles. The Hall–Kier alpha value is -0.770. The number of ether oxygens (including phenoxy) is 1. The average Bonchev–Trinajstić information content (AvgIpc) is 2.80. The number of carbonyl (C=O) groups excluding carboxylic acids is 1. The molecule has 0 radical (unpaired) electrons. The van der Waals surface area contributed by atoms with E-state index < -0.39 is 11.7 Å². The van der Waals surface area contributed by atoms with Crippen LogP contribution in [-0.2, 0) is 4.74 Å². The minimum atomic E-state index is -0.890. The Kier molecular flexibility index (Phi) is 4.71. The maximum Gasteiger partial charge on any atom is 0.407 e. The van der Waals surface area contributed by atoms with Crippen molar-refractivity contribution in [1.82, 2.24) is 5.32 Å². The Morgan fingerprint density at radius 3 is 2.47 bits per heavy atom. The van der Waals surface area contributed by atoms with Crippen LogP contribution in [0, 0.1) is 5.92 Å². The lowest BCUT2D eigenvalue weighted by Gasteiger charge is -2.35. The van der Waals surface area contributed by atoms with Crippen molar-refractivity contribution in [2.45, 2.75) is 83.0 Å². The molecule has 0 bridgehead atoms. The fourth-order valence-corrected chi connectivity index (χ4v) is 3.56. The number of cyclic esters (lactones) is 1. The van der Waals surface area contributed by atoms with E-state index in [-0.39, 0.29) is 12.1 Å². The van der Waals surface area contributed by atoms with Gasteiger partial charge in [0.2, 0.25) is 0 Å². The average molecular weight is 269 g/mol. The number of aliphatic hydroxyl groups is 1. The standard InChI is InChI=1S/C15H27NO3/c1-3-15(18,4-2)13-12(16-14(17)19-13)10-11-8-6-5-7-9-11/h11-13,18H,3-10H2,1-2H3,(H,16,17). The molecule has 2 aliphatic rings. The van der Waals surface area contributed by atoms with Crippen LogP contribution in [0.5, 0.6) is 0 Å². The largest absolute Gasteiger partial charge is 0.441 e. The van der Waals surface area contributed by atoms with Crippen LogP contribution < -0.4 is 5.32 Å². The third-order valence-corrected chi connectivity index (χ3v) is 4.97. The summed E-state index contributed by atoms with van der Waals surface area (Å²) in [5.74, 6) is 0.668. The molecule has 0 aromatic heterocycles. The fourth-order valence-electron chi connectivity index (χ4n) is 3.56. The first kappa shape index (κ1) is 14.6. The van der Waals surface area contributed by atoms with Gasteiger partial charge in [-0.3, -0.25) is 0 Å². The molecule has 2 unspecified atom stereocenters. The zero-order valence-corrected chi connectivity index (χ0v) is 12.2. The van der Waals surface area contributed by atoms with Crippen molar-refractivity contribution < 1.29 is 14.6 Å². The van der Waals surface area contributed by atoms with Gasteiger partial charge < -0.3 is 15.2 Å². The van der Waals surface area contributed by atoms with Gasteiger partial charge in [0.05, 0.1) is 6.04 Å². The second-order valence-electron chi connectivity index (χ2n) is 6.13. The number of hydrogen-bond acceptors (Lipinski definition) is 3. The Bertz CT molecular complexity index is 309. The monoisotopic (exact) mass is 269 g/mol. The van der Waals surface area contributed by atoms with Crippen LogP contribution in [0.1, 0.15) is 65.2 Å². The molecule has 19 heavy (non-hydrogen) atoms. The van der Waals surface area contributed by atoms with Crippen LogP contribution >= 0.6 is 0 Å². The van der Waals surface area contributed by atoms with Crippen LogP contribution in [0.3, 0.4) is 0 Å². The van der Waals surface area contributed by atoms with Crippen LogP contribution in [0.4, 0.5) is 4.79 Å². The molecule has 1 heterocycles. The fraction of sp³-hybridized carbons (Fsp3) is 0.933. The van der Waals surface area contributed by atoms with Crippen molar-refractivity contribution in [2.24, 2.45) is 5.92 Å². The van der Waals surface area contributed by atoms with Crippen LogP contribution in [0.2, 0.25) is 0 Å². The SMILES string of the molecule is CCC(O)(CC)C1OC(=O)NC1CC1CCCCC1. The maximum atomic E-state index is 11.5. The predicted octanol–water partition coefficient (Wildman–Crippen LogP) is 2.98. The molecule has 2 fully saturated rings. The predicted molar refractivity (Wildman–Crippen MR) is 73.9 cm³/mol. The van der Waals surface area contributed by atoms with Crippen LogP contribution in [0.15, 0.2) is 0 Å². The Labute approximate surface area is 115 Å². The lowest BCUT2D eigenvalue weighted by Crippen LogP contribution is -2.49. The lowest BCUT2D eigenvalue weighted by atomic mass is 9.79. The van der Waals surface area contributed by atoms with E-state index in [9.17, 15) is 9.90 Å². The van der Waals surface area contributed by atoms with Gasteiger partial charge in [0.25, 0.3) is 0 Å². The van der Waals surface area contributed by atoms with E-state index in [1.807, 2.05) is 13.8 Å². The van der Waals surface area contributed by atoms with E-state index in [0.717, 1.165) is 6.42 Å². The van der Waals surface area contributed by atoms with Crippen molar-refractivity contribution >= 4 is 6.09 Å². The van der Waals surface area contributed by atoms with Gasteiger partial charge in [-0.05, 0) is 25.2 Å². The van der Waals surface area contributed by atoms with Gasteiger partial charge in [0.1, 0.15) is 5.60 Å². The molecule has 1 amide bonds. The molecule has 0 aromatic rings. The van der Waals surface area contributed by atoms with Gasteiger partial charge in [0, 0.05) is 0 Å². The topological polar surface area (TPSA) is 58.6 Å². The summed E-state index contributed by atoms with van der Waals surface area (Å²) in [6.07, 6.45) is 7.83. The van der Waals surface area contributed by atoms with E-state index in [2.05, 4.69) is 5.32 Å².